The zero-order valence-corrected chi connectivity index (χ0v) is 38.8. The minimum Gasteiger partial charge on any atom is -0.309 e. The minimum atomic E-state index is 0.00813. The van der Waals surface area contributed by atoms with Crippen molar-refractivity contribution in [3.8, 4) is 28.2 Å². The quantitative estimate of drug-likeness (QED) is 0.168. The molecule has 0 bridgehead atoms. The van der Waals surface area contributed by atoms with Crippen LogP contribution in [0.3, 0.4) is 0 Å². The molecule has 0 fully saturated rings. The summed E-state index contributed by atoms with van der Waals surface area (Å²) in [7, 11) is 0. The number of rotatable bonds is 4. The molecule has 2 aliphatic rings. The maximum atomic E-state index is 2.62. The van der Waals surface area contributed by atoms with Crippen molar-refractivity contribution in [2.75, 3.05) is 0 Å². The van der Waals surface area contributed by atoms with Crippen LogP contribution in [0.1, 0.15) is 90.5 Å². The Balaban J connectivity index is 1.17. The average Bonchev–Trinajstić information content (AvgIpc) is 4.01. The number of para-hydroxylation sites is 5. The molecule has 3 aromatic heterocycles. The monoisotopic (exact) mass is 841 g/mol. The largest absolute Gasteiger partial charge is 0.309 e. The van der Waals surface area contributed by atoms with Gasteiger partial charge in [0.1, 0.15) is 0 Å². The maximum absolute atomic E-state index is 2.62. The standard InChI is InChI=1S/C62H55N3/c1-59(2)36-61(5,6)49-34-57(64-53-26-16-11-21-41(53)42-22-12-17-27-54(42)64)45(32-47(49)59)46-33-48-50(62(7,8)37-60(48,3)4)35-58(46)65-55-28-18-13-23-43(55)44-31-38(29-30-56(44)65)63-51-24-14-9-19-39(51)40-20-10-15-25-52(40)63/h9-35H,36-37H2,1-8H3. The van der Waals surface area contributed by atoms with Gasteiger partial charge in [0, 0.05) is 49.1 Å². The Labute approximate surface area is 381 Å². The molecule has 0 spiro atoms. The van der Waals surface area contributed by atoms with Crippen molar-refractivity contribution >= 4 is 65.4 Å². The van der Waals surface area contributed by atoms with Gasteiger partial charge in [-0.05, 0) is 130 Å². The van der Waals surface area contributed by atoms with Crippen LogP contribution in [0.2, 0.25) is 0 Å². The number of fused-ring (bicyclic) bond motifs is 11. The zero-order valence-electron chi connectivity index (χ0n) is 38.8. The lowest BCUT2D eigenvalue weighted by molar-refractivity contribution is 0.402. The van der Waals surface area contributed by atoms with Crippen molar-refractivity contribution in [2.24, 2.45) is 0 Å². The molecule has 0 unspecified atom stereocenters. The molecule has 13 rings (SSSR count). The Morgan fingerprint density at radius 3 is 0.954 bits per heavy atom. The number of nitrogens with zero attached hydrogens (tertiary/aromatic N) is 3. The van der Waals surface area contributed by atoms with E-state index in [0.29, 0.717) is 0 Å². The lowest BCUT2D eigenvalue weighted by Gasteiger charge is -2.26. The van der Waals surface area contributed by atoms with Gasteiger partial charge in [-0.15, -0.1) is 0 Å². The molecular weight excluding hydrogens is 787 g/mol. The van der Waals surface area contributed by atoms with E-state index >= 15 is 0 Å². The van der Waals surface area contributed by atoms with Gasteiger partial charge in [-0.3, -0.25) is 0 Å². The summed E-state index contributed by atoms with van der Waals surface area (Å²) in [4.78, 5) is 0. The predicted molar refractivity (Wildman–Crippen MR) is 276 cm³/mol. The van der Waals surface area contributed by atoms with Crippen LogP contribution in [0, 0.1) is 0 Å². The summed E-state index contributed by atoms with van der Waals surface area (Å²) in [6, 6.07) is 62.4. The lowest BCUT2D eigenvalue weighted by atomic mass is 9.81. The van der Waals surface area contributed by atoms with E-state index in [9.17, 15) is 0 Å². The molecule has 0 saturated carbocycles. The molecule has 0 radical (unpaired) electrons. The summed E-state index contributed by atoms with van der Waals surface area (Å²) >= 11 is 0. The van der Waals surface area contributed by atoms with Crippen molar-refractivity contribution in [3.05, 3.63) is 186 Å². The molecule has 0 atom stereocenters. The maximum Gasteiger partial charge on any atom is 0.0544 e. The van der Waals surface area contributed by atoms with Crippen molar-refractivity contribution in [3.63, 3.8) is 0 Å². The van der Waals surface area contributed by atoms with Crippen molar-refractivity contribution in [2.45, 2.75) is 89.9 Å². The highest BCUT2D eigenvalue weighted by atomic mass is 15.0. The van der Waals surface area contributed by atoms with E-state index in [0.717, 1.165) is 12.8 Å². The van der Waals surface area contributed by atoms with E-state index in [2.05, 4.69) is 233 Å². The zero-order chi connectivity index (χ0) is 44.4. The third kappa shape index (κ3) is 5.30. The van der Waals surface area contributed by atoms with Gasteiger partial charge < -0.3 is 13.7 Å². The molecular formula is C62H55N3. The number of hydrogen-bond acceptors (Lipinski definition) is 0. The Bertz CT molecular complexity index is 3730. The van der Waals surface area contributed by atoms with Crippen molar-refractivity contribution in [1.29, 1.82) is 0 Å². The summed E-state index contributed by atoms with van der Waals surface area (Å²) in [6.07, 6.45) is 2.20. The van der Waals surface area contributed by atoms with Gasteiger partial charge in [0.2, 0.25) is 0 Å². The molecule has 3 heterocycles. The van der Waals surface area contributed by atoms with Crippen LogP contribution < -0.4 is 0 Å². The Hall–Kier alpha value is -6.84. The van der Waals surface area contributed by atoms with Crippen molar-refractivity contribution in [1.82, 2.24) is 13.7 Å². The van der Waals surface area contributed by atoms with Crippen LogP contribution in [0.4, 0.5) is 0 Å². The van der Waals surface area contributed by atoms with Crippen LogP contribution in [-0.4, -0.2) is 13.7 Å². The van der Waals surface area contributed by atoms with Gasteiger partial charge in [-0.25, -0.2) is 0 Å². The first-order valence-electron chi connectivity index (χ1n) is 23.6. The van der Waals surface area contributed by atoms with Crippen molar-refractivity contribution < 1.29 is 0 Å². The van der Waals surface area contributed by atoms with E-state index in [1.54, 1.807) is 0 Å². The first-order chi connectivity index (χ1) is 31.2. The van der Waals surface area contributed by atoms with Crippen LogP contribution >= 0.6 is 0 Å². The normalized spacial score (nSPS) is 17.0. The first-order valence-corrected chi connectivity index (χ1v) is 23.6. The number of benzene rings is 8. The second kappa shape index (κ2) is 12.9. The highest BCUT2D eigenvalue weighted by Gasteiger charge is 2.45. The summed E-state index contributed by atoms with van der Waals surface area (Å²) in [6.45, 7) is 19.7. The Morgan fingerprint density at radius 2 is 0.585 bits per heavy atom. The Kier molecular flexibility index (Phi) is 7.67. The predicted octanol–water partition coefficient (Wildman–Crippen LogP) is 16.6. The molecule has 0 aliphatic heterocycles. The summed E-state index contributed by atoms with van der Waals surface area (Å²) < 4.78 is 7.64. The smallest absolute Gasteiger partial charge is 0.0544 e. The number of hydrogen-bond donors (Lipinski definition) is 0. The van der Waals surface area contributed by atoms with Gasteiger partial charge in [0.05, 0.1) is 44.5 Å². The molecule has 0 N–H and O–H groups in total. The van der Waals surface area contributed by atoms with Gasteiger partial charge >= 0.3 is 0 Å². The van der Waals surface area contributed by atoms with Crippen LogP contribution in [0.15, 0.2) is 164 Å². The molecule has 318 valence electrons. The molecule has 2 aliphatic carbocycles. The number of aromatic nitrogens is 3. The van der Waals surface area contributed by atoms with Gasteiger partial charge in [-0.1, -0.05) is 146 Å². The molecule has 65 heavy (non-hydrogen) atoms. The summed E-state index contributed by atoms with van der Waals surface area (Å²) in [5, 5.41) is 7.64. The highest BCUT2D eigenvalue weighted by molar-refractivity contribution is 6.13. The second-order valence-electron chi connectivity index (χ2n) is 22.0. The highest BCUT2D eigenvalue weighted by Crippen LogP contribution is 2.56. The summed E-state index contributed by atoms with van der Waals surface area (Å²) in [5.74, 6) is 0. The van der Waals surface area contributed by atoms with Gasteiger partial charge in [0.25, 0.3) is 0 Å². The average molecular weight is 842 g/mol. The third-order valence-corrected chi connectivity index (χ3v) is 15.8. The van der Waals surface area contributed by atoms with E-state index in [1.807, 2.05) is 0 Å². The second-order valence-corrected chi connectivity index (χ2v) is 22.0. The van der Waals surface area contributed by atoms with Crippen LogP contribution in [0.5, 0.6) is 0 Å². The van der Waals surface area contributed by atoms with E-state index in [-0.39, 0.29) is 21.7 Å². The fourth-order valence-corrected chi connectivity index (χ4v) is 13.6. The van der Waals surface area contributed by atoms with Gasteiger partial charge in [-0.2, -0.15) is 0 Å². The molecule has 11 aromatic rings. The Morgan fingerprint density at radius 1 is 0.292 bits per heavy atom. The van der Waals surface area contributed by atoms with E-state index < -0.39 is 0 Å². The third-order valence-electron chi connectivity index (χ3n) is 15.8. The molecule has 3 nitrogen and oxygen atoms in total. The van der Waals surface area contributed by atoms with Crippen LogP contribution in [-0.2, 0) is 21.7 Å². The lowest BCUT2D eigenvalue weighted by Crippen LogP contribution is -2.18. The fraction of sp³-hybridized carbons (Fsp3) is 0.226. The van der Waals surface area contributed by atoms with E-state index in [4.69, 9.17) is 0 Å². The SMILES string of the molecule is CC1(C)CC(C)(C)c2cc(-n3c4ccccc4c4ccccc43)c(-c3cc4c(cc3-n3c5ccccc5c5cc(-n6c7ccccc7c7ccccc76)ccc53)C(C)(C)CC4(C)C)cc21. The van der Waals surface area contributed by atoms with Gasteiger partial charge in [0.15, 0.2) is 0 Å². The topological polar surface area (TPSA) is 14.8 Å². The minimum absolute atomic E-state index is 0.00813. The first kappa shape index (κ1) is 38.6. The van der Waals surface area contributed by atoms with E-state index in [1.165, 1.54) is 116 Å². The fourth-order valence-electron chi connectivity index (χ4n) is 13.6. The molecule has 0 saturated heterocycles. The molecule has 8 aromatic carbocycles. The molecule has 0 amide bonds. The van der Waals surface area contributed by atoms with Crippen LogP contribution in [0.25, 0.3) is 93.6 Å². The molecule has 3 heteroatoms. The summed E-state index contributed by atoms with van der Waals surface area (Å²) in [5.41, 5.74) is 19.5.